The lowest BCUT2D eigenvalue weighted by Gasteiger charge is -2.14. The molecule has 0 aliphatic rings. The molecule has 5 nitrogen and oxygen atoms in total. The third-order valence-electron chi connectivity index (χ3n) is 4.84. The maximum absolute atomic E-state index is 13.3. The van der Waals surface area contributed by atoms with Gasteiger partial charge in [0.1, 0.15) is 0 Å². The Morgan fingerprint density at radius 2 is 1.84 bits per heavy atom. The van der Waals surface area contributed by atoms with E-state index >= 15 is 0 Å². The molecule has 162 valence electrons. The van der Waals surface area contributed by atoms with Crippen molar-refractivity contribution in [1.82, 2.24) is 9.55 Å². The second-order valence-corrected chi connectivity index (χ2v) is 9.09. The Balaban J connectivity index is 1.68. The van der Waals surface area contributed by atoms with E-state index in [0.717, 1.165) is 11.1 Å². The summed E-state index contributed by atoms with van der Waals surface area (Å²) in [5, 5.41) is 4.75. The average Bonchev–Trinajstić information content (AvgIpc) is 2.75. The summed E-state index contributed by atoms with van der Waals surface area (Å²) in [6.45, 7) is 3.84. The van der Waals surface area contributed by atoms with Gasteiger partial charge in [-0.3, -0.25) is 14.2 Å². The summed E-state index contributed by atoms with van der Waals surface area (Å²) >= 11 is 13.6. The second kappa shape index (κ2) is 9.36. The standard InChI is InChI=1S/C24H19Cl2N3O2S/c1-14-10-15(2)22(19(26)11-14)28-21(30)13-32-24-27-20-9-4-3-8-18(20)23(31)29(24)17-7-5-6-16(25)12-17/h3-12H,13H2,1-2H3,(H,28,30). The van der Waals surface area contributed by atoms with Gasteiger partial charge in [-0.15, -0.1) is 0 Å². The maximum Gasteiger partial charge on any atom is 0.266 e. The van der Waals surface area contributed by atoms with Gasteiger partial charge in [-0.1, -0.05) is 59.2 Å². The molecule has 3 aromatic carbocycles. The number of benzene rings is 3. The summed E-state index contributed by atoms with van der Waals surface area (Å²) in [4.78, 5) is 30.6. The number of hydrogen-bond donors (Lipinski definition) is 1. The van der Waals surface area contributed by atoms with Crippen molar-refractivity contribution in [3.05, 3.63) is 92.2 Å². The molecule has 0 bridgehead atoms. The zero-order chi connectivity index (χ0) is 22.8. The van der Waals surface area contributed by atoms with Crippen molar-refractivity contribution in [2.75, 3.05) is 11.1 Å². The van der Waals surface area contributed by atoms with Crippen molar-refractivity contribution in [3.8, 4) is 5.69 Å². The van der Waals surface area contributed by atoms with Gasteiger partial charge < -0.3 is 5.32 Å². The second-order valence-electron chi connectivity index (χ2n) is 7.31. The highest BCUT2D eigenvalue weighted by molar-refractivity contribution is 7.99. The van der Waals surface area contributed by atoms with Crippen molar-refractivity contribution in [2.24, 2.45) is 0 Å². The van der Waals surface area contributed by atoms with E-state index in [2.05, 4.69) is 10.3 Å². The van der Waals surface area contributed by atoms with Gasteiger partial charge in [0, 0.05) is 5.02 Å². The Kier molecular flexibility index (Phi) is 6.55. The fourth-order valence-corrected chi connectivity index (χ4v) is 4.80. The van der Waals surface area contributed by atoms with E-state index in [1.165, 1.54) is 16.3 Å². The highest BCUT2D eigenvalue weighted by Crippen LogP contribution is 2.28. The van der Waals surface area contributed by atoms with Crippen LogP contribution in [0.3, 0.4) is 0 Å². The van der Waals surface area contributed by atoms with Crippen LogP contribution in [0.5, 0.6) is 0 Å². The first-order chi connectivity index (χ1) is 15.3. The molecule has 0 unspecified atom stereocenters. The highest BCUT2D eigenvalue weighted by atomic mass is 35.5. The molecule has 1 N–H and O–H groups in total. The molecule has 0 atom stereocenters. The first kappa shape index (κ1) is 22.4. The third kappa shape index (κ3) is 4.67. The minimum Gasteiger partial charge on any atom is -0.324 e. The molecule has 0 aliphatic carbocycles. The minimum atomic E-state index is -0.246. The molecule has 0 saturated heterocycles. The number of para-hydroxylation sites is 1. The van der Waals surface area contributed by atoms with E-state index in [0.29, 0.717) is 37.5 Å². The molecule has 0 fully saturated rings. The molecular weight excluding hydrogens is 465 g/mol. The molecule has 1 heterocycles. The fourth-order valence-electron chi connectivity index (χ4n) is 3.43. The molecule has 0 saturated carbocycles. The van der Waals surface area contributed by atoms with E-state index in [9.17, 15) is 9.59 Å². The fraction of sp³-hybridized carbons (Fsp3) is 0.125. The molecule has 0 radical (unpaired) electrons. The quantitative estimate of drug-likeness (QED) is 0.277. The number of aryl methyl sites for hydroxylation is 2. The van der Waals surface area contributed by atoms with Crippen LogP contribution in [0.1, 0.15) is 11.1 Å². The van der Waals surface area contributed by atoms with Crippen molar-refractivity contribution in [2.45, 2.75) is 19.0 Å². The number of rotatable bonds is 5. The summed E-state index contributed by atoms with van der Waals surface area (Å²) in [5.41, 5.74) is 3.41. The Morgan fingerprint density at radius 3 is 2.59 bits per heavy atom. The molecule has 4 rings (SSSR count). The molecule has 8 heteroatoms. The van der Waals surface area contributed by atoms with Crippen molar-refractivity contribution >= 4 is 57.5 Å². The largest absolute Gasteiger partial charge is 0.324 e. The number of fused-ring (bicyclic) bond motifs is 1. The van der Waals surface area contributed by atoms with Gasteiger partial charge >= 0.3 is 0 Å². The van der Waals surface area contributed by atoms with Crippen LogP contribution in [0, 0.1) is 13.8 Å². The van der Waals surface area contributed by atoms with Gasteiger partial charge in [0.15, 0.2) is 5.16 Å². The SMILES string of the molecule is Cc1cc(C)c(NC(=O)CSc2nc3ccccc3c(=O)n2-c2cccc(Cl)c2)c(Cl)c1. The van der Waals surface area contributed by atoms with Gasteiger partial charge in [0.25, 0.3) is 5.56 Å². The Bertz CT molecular complexity index is 1380. The Hall–Kier alpha value is -2.80. The zero-order valence-electron chi connectivity index (χ0n) is 17.4. The lowest BCUT2D eigenvalue weighted by molar-refractivity contribution is -0.113. The first-order valence-corrected chi connectivity index (χ1v) is 11.5. The van der Waals surface area contributed by atoms with Crippen LogP contribution in [-0.2, 0) is 4.79 Å². The lowest BCUT2D eigenvalue weighted by Crippen LogP contribution is -2.23. The molecule has 1 amide bonds. The van der Waals surface area contributed by atoms with Crippen LogP contribution >= 0.6 is 35.0 Å². The number of amides is 1. The molecule has 0 spiro atoms. The lowest BCUT2D eigenvalue weighted by atomic mass is 10.1. The number of halogens is 2. The molecular formula is C24H19Cl2N3O2S. The van der Waals surface area contributed by atoms with E-state index in [4.69, 9.17) is 23.2 Å². The number of anilines is 1. The van der Waals surface area contributed by atoms with Crippen LogP contribution in [0.2, 0.25) is 10.0 Å². The summed E-state index contributed by atoms with van der Waals surface area (Å²) in [7, 11) is 0. The summed E-state index contributed by atoms with van der Waals surface area (Å²) < 4.78 is 1.48. The van der Waals surface area contributed by atoms with E-state index in [-0.39, 0.29) is 17.2 Å². The van der Waals surface area contributed by atoms with Crippen molar-refractivity contribution < 1.29 is 4.79 Å². The van der Waals surface area contributed by atoms with Crippen LogP contribution in [-0.4, -0.2) is 21.2 Å². The smallest absolute Gasteiger partial charge is 0.266 e. The normalized spacial score (nSPS) is 11.0. The van der Waals surface area contributed by atoms with E-state index in [1.54, 1.807) is 48.5 Å². The van der Waals surface area contributed by atoms with Gasteiger partial charge in [-0.25, -0.2) is 4.98 Å². The number of carbonyl (C=O) groups is 1. The molecule has 4 aromatic rings. The predicted octanol–water partition coefficient (Wildman–Crippen LogP) is 6.04. The van der Waals surface area contributed by atoms with Crippen LogP contribution in [0.4, 0.5) is 5.69 Å². The molecule has 0 aliphatic heterocycles. The number of carbonyl (C=O) groups excluding carboxylic acids is 1. The summed E-state index contributed by atoms with van der Waals surface area (Å²) in [6, 6.07) is 17.9. The minimum absolute atomic E-state index is 0.0506. The Morgan fingerprint density at radius 1 is 1.06 bits per heavy atom. The summed E-state index contributed by atoms with van der Waals surface area (Å²) in [5.74, 6) is -0.196. The number of thioether (sulfide) groups is 1. The van der Waals surface area contributed by atoms with E-state index < -0.39 is 0 Å². The Labute approximate surface area is 199 Å². The number of nitrogens with one attached hydrogen (secondary N) is 1. The zero-order valence-corrected chi connectivity index (χ0v) is 19.7. The highest BCUT2D eigenvalue weighted by Gasteiger charge is 2.16. The predicted molar refractivity (Wildman–Crippen MR) is 133 cm³/mol. The van der Waals surface area contributed by atoms with Crippen LogP contribution in [0.15, 0.2) is 70.6 Å². The molecule has 32 heavy (non-hydrogen) atoms. The van der Waals surface area contributed by atoms with Gasteiger partial charge in [0.2, 0.25) is 5.91 Å². The third-order valence-corrected chi connectivity index (χ3v) is 6.31. The number of aromatic nitrogens is 2. The topological polar surface area (TPSA) is 64.0 Å². The van der Waals surface area contributed by atoms with Crippen molar-refractivity contribution in [1.29, 1.82) is 0 Å². The summed E-state index contributed by atoms with van der Waals surface area (Å²) in [6.07, 6.45) is 0. The van der Waals surface area contributed by atoms with Gasteiger partial charge in [-0.05, 0) is 61.4 Å². The van der Waals surface area contributed by atoms with E-state index in [1.807, 2.05) is 26.0 Å². The van der Waals surface area contributed by atoms with Gasteiger partial charge in [0.05, 0.1) is 33.1 Å². The number of nitrogens with zero attached hydrogens (tertiary/aromatic N) is 2. The van der Waals surface area contributed by atoms with Crippen LogP contribution in [0.25, 0.3) is 16.6 Å². The maximum atomic E-state index is 13.3. The van der Waals surface area contributed by atoms with Crippen LogP contribution < -0.4 is 10.9 Å². The molecule has 1 aromatic heterocycles. The first-order valence-electron chi connectivity index (χ1n) is 9.80. The number of hydrogen-bond acceptors (Lipinski definition) is 4. The van der Waals surface area contributed by atoms with Crippen molar-refractivity contribution in [3.63, 3.8) is 0 Å². The monoisotopic (exact) mass is 483 g/mol. The van der Waals surface area contributed by atoms with Gasteiger partial charge in [-0.2, -0.15) is 0 Å². The average molecular weight is 484 g/mol.